The van der Waals surface area contributed by atoms with E-state index in [2.05, 4.69) is 50.0 Å². The Bertz CT molecular complexity index is 208. The molecule has 1 unspecified atom stereocenters. The Labute approximate surface area is 114 Å². The Balaban J connectivity index is 2.14. The van der Waals surface area contributed by atoms with Crippen LogP contribution < -0.4 is 5.32 Å². The van der Waals surface area contributed by atoms with Crippen LogP contribution in [0.15, 0.2) is 0 Å². The predicted octanol–water partition coefficient (Wildman–Crippen LogP) is 2.04. The second-order valence-corrected chi connectivity index (χ2v) is 6.47. The van der Waals surface area contributed by atoms with E-state index < -0.39 is 0 Å². The van der Waals surface area contributed by atoms with Crippen molar-refractivity contribution in [2.45, 2.75) is 52.1 Å². The zero-order valence-electron chi connectivity index (χ0n) is 13.1. The van der Waals surface area contributed by atoms with Crippen molar-refractivity contribution in [3.05, 3.63) is 0 Å². The van der Waals surface area contributed by atoms with Gasteiger partial charge in [0, 0.05) is 12.1 Å². The maximum Gasteiger partial charge on any atom is 0.0113 e. The average Bonchev–Trinajstić information content (AvgIpc) is 2.34. The molecule has 0 aliphatic carbocycles. The maximum absolute atomic E-state index is 3.55. The number of hydrogen-bond donors (Lipinski definition) is 1. The molecule has 1 aliphatic heterocycles. The molecule has 0 spiro atoms. The van der Waals surface area contributed by atoms with Gasteiger partial charge >= 0.3 is 0 Å². The van der Waals surface area contributed by atoms with E-state index in [0.717, 1.165) is 31.1 Å². The molecule has 1 aliphatic rings. The first-order chi connectivity index (χ1) is 8.50. The topological polar surface area (TPSA) is 18.5 Å². The van der Waals surface area contributed by atoms with Gasteiger partial charge < -0.3 is 15.1 Å². The second kappa shape index (κ2) is 8.13. The lowest BCUT2D eigenvalue weighted by molar-refractivity contribution is 0.111. The van der Waals surface area contributed by atoms with E-state index >= 15 is 0 Å². The van der Waals surface area contributed by atoms with Crippen LogP contribution in [0.2, 0.25) is 0 Å². The predicted molar refractivity (Wildman–Crippen MR) is 80.1 cm³/mol. The zero-order chi connectivity index (χ0) is 13.5. The maximum atomic E-state index is 3.55. The number of nitrogens with one attached hydrogen (secondary N) is 1. The van der Waals surface area contributed by atoms with E-state index in [4.69, 9.17) is 0 Å². The largest absolute Gasteiger partial charge is 0.316 e. The molecule has 1 atom stereocenters. The third-order valence-corrected chi connectivity index (χ3v) is 4.14. The van der Waals surface area contributed by atoms with Crippen molar-refractivity contribution in [3.8, 4) is 0 Å². The molecular weight excluding hydrogens is 222 g/mol. The van der Waals surface area contributed by atoms with Crippen LogP contribution in [0, 0.1) is 5.92 Å². The highest BCUT2D eigenvalue weighted by Gasteiger charge is 2.23. The van der Waals surface area contributed by atoms with Crippen molar-refractivity contribution in [1.82, 2.24) is 15.1 Å². The number of likely N-dealkylation sites (tertiary alicyclic amines) is 1. The molecule has 3 nitrogen and oxygen atoms in total. The molecule has 18 heavy (non-hydrogen) atoms. The molecule has 1 saturated heterocycles. The lowest BCUT2D eigenvalue weighted by atomic mass is 10.0. The van der Waals surface area contributed by atoms with E-state index in [9.17, 15) is 0 Å². The zero-order valence-corrected chi connectivity index (χ0v) is 13.1. The van der Waals surface area contributed by atoms with E-state index in [1.54, 1.807) is 0 Å². The summed E-state index contributed by atoms with van der Waals surface area (Å²) in [7, 11) is 4.42. The summed E-state index contributed by atoms with van der Waals surface area (Å²) in [5.74, 6) is 0.760. The van der Waals surface area contributed by atoms with Crippen LogP contribution >= 0.6 is 0 Å². The Hall–Kier alpha value is -0.120. The molecule has 1 N–H and O–H groups in total. The van der Waals surface area contributed by atoms with Crippen LogP contribution in [0.1, 0.15) is 40.0 Å². The van der Waals surface area contributed by atoms with Gasteiger partial charge in [-0.3, -0.25) is 0 Å². The van der Waals surface area contributed by atoms with Gasteiger partial charge in [0.25, 0.3) is 0 Å². The normalized spacial score (nSPS) is 20.8. The first-order valence-electron chi connectivity index (χ1n) is 7.62. The second-order valence-electron chi connectivity index (χ2n) is 6.47. The van der Waals surface area contributed by atoms with Gasteiger partial charge in [-0.15, -0.1) is 0 Å². The standard InChI is InChI=1S/C15H33N3/c1-13(2)12-16-9-6-14(3)18-10-7-15(8-11-18)17(4)5/h13-16H,6-12H2,1-5H3. The fraction of sp³-hybridized carbons (Fsp3) is 1.00. The summed E-state index contributed by atoms with van der Waals surface area (Å²) in [5, 5.41) is 3.55. The minimum atomic E-state index is 0.729. The van der Waals surface area contributed by atoms with Gasteiger partial charge in [0.15, 0.2) is 0 Å². The Kier molecular flexibility index (Phi) is 7.20. The average molecular weight is 255 g/mol. The Morgan fingerprint density at radius 2 is 1.78 bits per heavy atom. The van der Waals surface area contributed by atoms with Crippen LogP contribution in [0.4, 0.5) is 0 Å². The molecule has 0 saturated carbocycles. The van der Waals surface area contributed by atoms with Crippen molar-refractivity contribution in [2.75, 3.05) is 40.3 Å². The van der Waals surface area contributed by atoms with Gasteiger partial charge in [-0.05, 0) is 72.4 Å². The first kappa shape index (κ1) is 15.9. The summed E-state index contributed by atoms with van der Waals surface area (Å²) in [6, 6.07) is 1.53. The molecule has 0 aromatic rings. The van der Waals surface area contributed by atoms with Gasteiger partial charge in [0.1, 0.15) is 0 Å². The summed E-state index contributed by atoms with van der Waals surface area (Å²) in [6.07, 6.45) is 3.94. The minimum absolute atomic E-state index is 0.729. The smallest absolute Gasteiger partial charge is 0.0113 e. The van der Waals surface area contributed by atoms with Crippen LogP contribution in [0.3, 0.4) is 0 Å². The van der Waals surface area contributed by atoms with Crippen LogP contribution in [-0.2, 0) is 0 Å². The summed E-state index contributed by atoms with van der Waals surface area (Å²) in [4.78, 5) is 5.04. The third kappa shape index (κ3) is 5.68. The molecule has 3 heteroatoms. The van der Waals surface area contributed by atoms with Gasteiger partial charge in [0.2, 0.25) is 0 Å². The Morgan fingerprint density at radius 1 is 1.17 bits per heavy atom. The molecule has 0 radical (unpaired) electrons. The van der Waals surface area contributed by atoms with Crippen LogP contribution in [0.25, 0.3) is 0 Å². The van der Waals surface area contributed by atoms with Gasteiger partial charge in [0.05, 0.1) is 0 Å². The lowest BCUT2D eigenvalue weighted by Gasteiger charge is -2.38. The van der Waals surface area contributed by atoms with E-state index in [1.165, 1.54) is 32.4 Å². The van der Waals surface area contributed by atoms with Crippen LogP contribution in [-0.4, -0.2) is 62.2 Å². The van der Waals surface area contributed by atoms with Gasteiger partial charge in [-0.1, -0.05) is 13.8 Å². The fourth-order valence-electron chi connectivity index (χ4n) is 2.73. The van der Waals surface area contributed by atoms with Crippen molar-refractivity contribution < 1.29 is 0 Å². The summed E-state index contributed by atoms with van der Waals surface area (Å²) in [6.45, 7) is 11.8. The number of hydrogen-bond acceptors (Lipinski definition) is 3. The van der Waals surface area contributed by atoms with Gasteiger partial charge in [-0.25, -0.2) is 0 Å². The van der Waals surface area contributed by atoms with Crippen molar-refractivity contribution in [1.29, 1.82) is 0 Å². The van der Waals surface area contributed by atoms with E-state index in [0.29, 0.717) is 0 Å². The number of rotatable bonds is 7. The highest BCUT2D eigenvalue weighted by molar-refractivity contribution is 4.80. The molecule has 0 bridgehead atoms. The minimum Gasteiger partial charge on any atom is -0.316 e. The molecule has 1 rings (SSSR count). The SMILES string of the molecule is CC(C)CNCCC(C)N1CCC(N(C)C)CC1. The van der Waals surface area contributed by atoms with E-state index in [1.807, 2.05) is 0 Å². The quantitative estimate of drug-likeness (QED) is 0.702. The van der Waals surface area contributed by atoms with Crippen molar-refractivity contribution in [3.63, 3.8) is 0 Å². The van der Waals surface area contributed by atoms with Crippen molar-refractivity contribution in [2.24, 2.45) is 5.92 Å². The lowest BCUT2D eigenvalue weighted by Crippen LogP contribution is -2.46. The third-order valence-electron chi connectivity index (χ3n) is 4.14. The van der Waals surface area contributed by atoms with E-state index in [-0.39, 0.29) is 0 Å². The van der Waals surface area contributed by atoms with Crippen molar-refractivity contribution >= 4 is 0 Å². The highest BCUT2D eigenvalue weighted by Crippen LogP contribution is 2.17. The molecular formula is C15H33N3. The molecule has 0 aromatic heterocycles. The summed E-state index contributed by atoms with van der Waals surface area (Å²) in [5.41, 5.74) is 0. The summed E-state index contributed by atoms with van der Waals surface area (Å²) >= 11 is 0. The molecule has 0 amide bonds. The molecule has 0 aromatic carbocycles. The molecule has 1 fully saturated rings. The summed E-state index contributed by atoms with van der Waals surface area (Å²) < 4.78 is 0. The highest BCUT2D eigenvalue weighted by atomic mass is 15.2. The fourth-order valence-corrected chi connectivity index (χ4v) is 2.73. The monoisotopic (exact) mass is 255 g/mol. The first-order valence-corrected chi connectivity index (χ1v) is 7.62. The number of nitrogens with zero attached hydrogens (tertiary/aromatic N) is 2. The Morgan fingerprint density at radius 3 is 2.28 bits per heavy atom. The van der Waals surface area contributed by atoms with Gasteiger partial charge in [-0.2, -0.15) is 0 Å². The van der Waals surface area contributed by atoms with Crippen LogP contribution in [0.5, 0.6) is 0 Å². The number of piperidine rings is 1. The molecule has 1 heterocycles. The molecule has 108 valence electrons.